The van der Waals surface area contributed by atoms with E-state index in [4.69, 9.17) is 21.1 Å². The van der Waals surface area contributed by atoms with Gasteiger partial charge in [0.25, 0.3) is 0 Å². The minimum absolute atomic E-state index is 0.666. The molecule has 0 atom stereocenters. The second-order valence-electron chi connectivity index (χ2n) is 4.54. The zero-order valence-corrected chi connectivity index (χ0v) is 11.3. The molecule has 18 heavy (non-hydrogen) atoms. The Labute approximate surface area is 113 Å². The van der Waals surface area contributed by atoms with Crippen molar-refractivity contribution in [2.24, 2.45) is 5.92 Å². The standard InChI is InChI=1S/C14H20ClNO2/c15-13-3-1-2-4-14(13)16-7-10-18-11-12-5-8-17-9-6-12/h1-4,12,16H,5-11H2. The van der Waals surface area contributed by atoms with E-state index in [1.807, 2.05) is 24.3 Å². The molecule has 100 valence electrons. The average molecular weight is 270 g/mol. The molecule has 1 saturated heterocycles. The van der Waals surface area contributed by atoms with E-state index in [1.54, 1.807) is 0 Å². The molecule has 0 radical (unpaired) electrons. The van der Waals surface area contributed by atoms with E-state index in [-0.39, 0.29) is 0 Å². The molecule has 0 unspecified atom stereocenters. The molecule has 1 aromatic rings. The summed E-state index contributed by atoms with van der Waals surface area (Å²) in [5.74, 6) is 0.666. The van der Waals surface area contributed by atoms with Crippen molar-refractivity contribution in [2.75, 3.05) is 38.3 Å². The Morgan fingerprint density at radius 1 is 1.28 bits per heavy atom. The van der Waals surface area contributed by atoms with E-state index in [1.165, 1.54) is 0 Å². The van der Waals surface area contributed by atoms with Crippen LogP contribution in [-0.2, 0) is 9.47 Å². The largest absolute Gasteiger partial charge is 0.382 e. The lowest BCUT2D eigenvalue weighted by atomic mass is 10.0. The predicted octanol–water partition coefficient (Wildman–Crippen LogP) is 3.20. The second kappa shape index (κ2) is 7.62. The SMILES string of the molecule is Clc1ccccc1NCCOCC1CCOCC1. The maximum absolute atomic E-state index is 6.04. The minimum atomic E-state index is 0.666. The number of benzene rings is 1. The summed E-state index contributed by atoms with van der Waals surface area (Å²) in [5.41, 5.74) is 0.967. The Kier molecular flexibility index (Phi) is 5.78. The molecule has 0 aliphatic carbocycles. The van der Waals surface area contributed by atoms with Crippen LogP contribution in [0.4, 0.5) is 5.69 Å². The van der Waals surface area contributed by atoms with Gasteiger partial charge in [0.1, 0.15) is 0 Å². The van der Waals surface area contributed by atoms with Crippen molar-refractivity contribution in [1.29, 1.82) is 0 Å². The second-order valence-corrected chi connectivity index (χ2v) is 4.94. The molecule has 1 aromatic carbocycles. The fraction of sp³-hybridized carbons (Fsp3) is 0.571. The highest BCUT2D eigenvalue weighted by Crippen LogP contribution is 2.20. The van der Waals surface area contributed by atoms with E-state index < -0.39 is 0 Å². The molecule has 3 nitrogen and oxygen atoms in total. The number of rotatable bonds is 6. The molecular weight excluding hydrogens is 250 g/mol. The molecule has 0 bridgehead atoms. The number of anilines is 1. The summed E-state index contributed by atoms with van der Waals surface area (Å²) in [7, 11) is 0. The lowest BCUT2D eigenvalue weighted by molar-refractivity contribution is 0.0231. The summed E-state index contributed by atoms with van der Waals surface area (Å²) in [4.78, 5) is 0. The van der Waals surface area contributed by atoms with Gasteiger partial charge in [-0.3, -0.25) is 0 Å². The first-order chi connectivity index (χ1) is 8.86. The van der Waals surface area contributed by atoms with Crippen molar-refractivity contribution in [2.45, 2.75) is 12.8 Å². The van der Waals surface area contributed by atoms with Crippen molar-refractivity contribution in [1.82, 2.24) is 0 Å². The van der Waals surface area contributed by atoms with Crippen LogP contribution in [0, 0.1) is 5.92 Å². The molecular formula is C14H20ClNO2. The molecule has 0 amide bonds. The Bertz CT molecular complexity index is 353. The van der Waals surface area contributed by atoms with Crippen molar-refractivity contribution in [3.8, 4) is 0 Å². The van der Waals surface area contributed by atoms with Crippen LogP contribution in [0.15, 0.2) is 24.3 Å². The van der Waals surface area contributed by atoms with Crippen molar-refractivity contribution in [3.05, 3.63) is 29.3 Å². The first kappa shape index (κ1) is 13.7. The number of hydrogen-bond acceptors (Lipinski definition) is 3. The number of ether oxygens (including phenoxy) is 2. The van der Waals surface area contributed by atoms with E-state index in [0.717, 1.165) is 49.9 Å². The van der Waals surface area contributed by atoms with Crippen LogP contribution in [0.2, 0.25) is 5.02 Å². The Balaban J connectivity index is 1.57. The van der Waals surface area contributed by atoms with Gasteiger partial charge in [-0.15, -0.1) is 0 Å². The maximum Gasteiger partial charge on any atom is 0.0639 e. The first-order valence-electron chi connectivity index (χ1n) is 6.50. The van der Waals surface area contributed by atoms with E-state index in [2.05, 4.69) is 5.32 Å². The van der Waals surface area contributed by atoms with Crippen LogP contribution in [0.5, 0.6) is 0 Å². The van der Waals surface area contributed by atoms with Crippen molar-refractivity contribution >= 4 is 17.3 Å². The molecule has 0 saturated carbocycles. The Morgan fingerprint density at radius 2 is 2.06 bits per heavy atom. The van der Waals surface area contributed by atoms with Gasteiger partial charge in [-0.05, 0) is 30.9 Å². The average Bonchev–Trinajstić information content (AvgIpc) is 2.42. The molecule has 0 spiro atoms. The summed E-state index contributed by atoms with van der Waals surface area (Å²) >= 11 is 6.04. The van der Waals surface area contributed by atoms with Crippen LogP contribution >= 0.6 is 11.6 Å². The van der Waals surface area contributed by atoms with Crippen LogP contribution in [0.1, 0.15) is 12.8 Å². The van der Waals surface area contributed by atoms with Crippen LogP contribution in [0.3, 0.4) is 0 Å². The van der Waals surface area contributed by atoms with Gasteiger partial charge >= 0.3 is 0 Å². The topological polar surface area (TPSA) is 30.5 Å². The lowest BCUT2D eigenvalue weighted by Gasteiger charge is -2.21. The van der Waals surface area contributed by atoms with Gasteiger partial charge < -0.3 is 14.8 Å². The van der Waals surface area contributed by atoms with Crippen molar-refractivity contribution < 1.29 is 9.47 Å². The minimum Gasteiger partial charge on any atom is -0.382 e. The summed E-state index contributed by atoms with van der Waals surface area (Å²) in [6, 6.07) is 7.75. The zero-order valence-electron chi connectivity index (χ0n) is 10.5. The normalized spacial score (nSPS) is 16.7. The number of hydrogen-bond donors (Lipinski definition) is 1. The third-order valence-corrected chi connectivity index (χ3v) is 3.46. The Morgan fingerprint density at radius 3 is 2.83 bits per heavy atom. The molecule has 1 aliphatic heterocycles. The number of para-hydroxylation sites is 1. The van der Waals surface area contributed by atoms with Crippen molar-refractivity contribution in [3.63, 3.8) is 0 Å². The zero-order chi connectivity index (χ0) is 12.6. The molecule has 1 aliphatic rings. The fourth-order valence-electron chi connectivity index (χ4n) is 2.03. The van der Waals surface area contributed by atoms with Gasteiger partial charge in [0, 0.05) is 26.4 Å². The highest BCUT2D eigenvalue weighted by molar-refractivity contribution is 6.33. The number of nitrogens with one attached hydrogen (secondary N) is 1. The van der Waals surface area contributed by atoms with Crippen LogP contribution in [-0.4, -0.2) is 33.0 Å². The molecule has 0 aromatic heterocycles. The summed E-state index contributed by atoms with van der Waals surface area (Å²) in [5, 5.41) is 4.02. The van der Waals surface area contributed by atoms with Gasteiger partial charge in [-0.25, -0.2) is 0 Å². The molecule has 1 N–H and O–H groups in total. The summed E-state index contributed by atoms with van der Waals surface area (Å²) < 4.78 is 11.0. The van der Waals surface area contributed by atoms with Gasteiger partial charge in [0.05, 0.1) is 17.3 Å². The quantitative estimate of drug-likeness (QED) is 0.805. The predicted molar refractivity (Wildman–Crippen MR) is 74.3 cm³/mol. The fourth-order valence-corrected chi connectivity index (χ4v) is 2.23. The van der Waals surface area contributed by atoms with Gasteiger partial charge in [0.15, 0.2) is 0 Å². The van der Waals surface area contributed by atoms with E-state index in [9.17, 15) is 0 Å². The highest BCUT2D eigenvalue weighted by Gasteiger charge is 2.13. The maximum atomic E-state index is 6.04. The highest BCUT2D eigenvalue weighted by atomic mass is 35.5. The first-order valence-corrected chi connectivity index (χ1v) is 6.88. The third-order valence-electron chi connectivity index (χ3n) is 3.13. The summed E-state index contributed by atoms with van der Waals surface area (Å²) in [6.07, 6.45) is 2.25. The van der Waals surface area contributed by atoms with Gasteiger partial charge in [-0.1, -0.05) is 23.7 Å². The Hall–Kier alpha value is -0.770. The number of halogens is 1. The smallest absolute Gasteiger partial charge is 0.0639 e. The van der Waals surface area contributed by atoms with Gasteiger partial charge in [0.2, 0.25) is 0 Å². The van der Waals surface area contributed by atoms with Crippen LogP contribution in [0.25, 0.3) is 0 Å². The van der Waals surface area contributed by atoms with Crippen LogP contribution < -0.4 is 5.32 Å². The molecule has 1 fully saturated rings. The monoisotopic (exact) mass is 269 g/mol. The molecule has 4 heteroatoms. The third kappa shape index (κ3) is 4.48. The summed E-state index contributed by atoms with van der Waals surface area (Å²) in [6.45, 7) is 4.10. The molecule has 1 heterocycles. The molecule has 2 rings (SSSR count). The lowest BCUT2D eigenvalue weighted by Crippen LogP contribution is -2.21. The van der Waals surface area contributed by atoms with Gasteiger partial charge in [-0.2, -0.15) is 0 Å². The van der Waals surface area contributed by atoms with E-state index in [0.29, 0.717) is 12.5 Å². The van der Waals surface area contributed by atoms with E-state index >= 15 is 0 Å².